The number of hydrogen-bond donors (Lipinski definition) is 2. The van der Waals surface area contributed by atoms with E-state index >= 15 is 0 Å². The minimum absolute atomic E-state index is 0.162. The highest BCUT2D eigenvalue weighted by atomic mass is 16.5. The molecule has 0 saturated carbocycles. The highest BCUT2D eigenvalue weighted by Gasteiger charge is 2.10. The summed E-state index contributed by atoms with van der Waals surface area (Å²) in [5.41, 5.74) is 6.17. The van der Waals surface area contributed by atoms with Crippen molar-refractivity contribution in [2.45, 2.75) is 13.3 Å². The van der Waals surface area contributed by atoms with Crippen LogP contribution in [-0.4, -0.2) is 23.0 Å². The summed E-state index contributed by atoms with van der Waals surface area (Å²) in [5.74, 6) is -0.128. The van der Waals surface area contributed by atoms with E-state index in [2.05, 4.69) is 10.9 Å². The molecule has 6 heteroatoms. The summed E-state index contributed by atoms with van der Waals surface area (Å²) >= 11 is 0. The number of aromatic nitrogens is 1. The zero-order valence-corrected chi connectivity index (χ0v) is 12.6. The van der Waals surface area contributed by atoms with Crippen molar-refractivity contribution in [1.82, 2.24) is 15.4 Å². The summed E-state index contributed by atoms with van der Waals surface area (Å²) in [6.45, 7) is 1.85. The van der Waals surface area contributed by atoms with Gasteiger partial charge in [0.1, 0.15) is 11.4 Å². The maximum absolute atomic E-state index is 11.8. The fourth-order valence-electron chi connectivity index (χ4n) is 2.00. The summed E-state index contributed by atoms with van der Waals surface area (Å²) in [6, 6.07) is 10.9. The zero-order chi connectivity index (χ0) is 15.9. The van der Waals surface area contributed by atoms with Crippen molar-refractivity contribution in [3.63, 3.8) is 0 Å². The molecule has 0 aliphatic rings. The van der Waals surface area contributed by atoms with Gasteiger partial charge in [-0.05, 0) is 30.2 Å². The first-order valence-corrected chi connectivity index (χ1v) is 7.03. The summed E-state index contributed by atoms with van der Waals surface area (Å²) in [5, 5.41) is 0. The number of nitrogens with zero attached hydrogens (tertiary/aromatic N) is 1. The molecule has 6 nitrogen and oxygen atoms in total. The van der Waals surface area contributed by atoms with Crippen LogP contribution in [0.2, 0.25) is 0 Å². The van der Waals surface area contributed by atoms with E-state index in [9.17, 15) is 9.59 Å². The lowest BCUT2D eigenvalue weighted by atomic mass is 10.1. The van der Waals surface area contributed by atoms with Crippen LogP contribution in [0, 0.1) is 0 Å². The van der Waals surface area contributed by atoms with Crippen LogP contribution >= 0.6 is 0 Å². The van der Waals surface area contributed by atoms with Crippen molar-refractivity contribution in [2.75, 3.05) is 6.61 Å². The highest BCUT2D eigenvalue weighted by molar-refractivity contribution is 5.94. The van der Waals surface area contributed by atoms with Crippen LogP contribution in [0.4, 0.5) is 0 Å². The Morgan fingerprint density at radius 2 is 1.91 bits per heavy atom. The van der Waals surface area contributed by atoms with E-state index in [-0.39, 0.29) is 12.5 Å². The molecule has 0 unspecified atom stereocenters. The molecule has 2 rings (SSSR count). The Balaban J connectivity index is 1.81. The predicted molar refractivity (Wildman–Crippen MR) is 82.3 cm³/mol. The molecule has 0 atom stereocenters. The number of hydrogen-bond acceptors (Lipinski definition) is 3. The van der Waals surface area contributed by atoms with Gasteiger partial charge in [0.15, 0.2) is 6.61 Å². The number of rotatable bonds is 5. The summed E-state index contributed by atoms with van der Waals surface area (Å²) in [7, 11) is 1.75. The molecule has 0 aliphatic heterocycles. The van der Waals surface area contributed by atoms with Gasteiger partial charge in [0.05, 0.1) is 0 Å². The lowest BCUT2D eigenvalue weighted by Gasteiger charge is -2.11. The summed E-state index contributed by atoms with van der Waals surface area (Å²) in [6.07, 6.45) is 2.57. The first kappa shape index (κ1) is 15.6. The zero-order valence-electron chi connectivity index (χ0n) is 12.6. The van der Waals surface area contributed by atoms with E-state index in [1.807, 2.05) is 31.2 Å². The fourth-order valence-corrected chi connectivity index (χ4v) is 2.00. The smallest absolute Gasteiger partial charge is 0.286 e. The summed E-state index contributed by atoms with van der Waals surface area (Å²) < 4.78 is 7.13. The first-order chi connectivity index (χ1) is 10.6. The second kappa shape index (κ2) is 7.31. The lowest BCUT2D eigenvalue weighted by Crippen LogP contribution is -2.44. The average molecular weight is 301 g/mol. The molecule has 0 radical (unpaired) electrons. The minimum atomic E-state index is -0.423. The molecule has 2 aromatic rings. The van der Waals surface area contributed by atoms with Gasteiger partial charge >= 0.3 is 0 Å². The van der Waals surface area contributed by atoms with E-state index in [1.165, 1.54) is 0 Å². The van der Waals surface area contributed by atoms with Gasteiger partial charge in [0, 0.05) is 13.2 Å². The van der Waals surface area contributed by atoms with Gasteiger partial charge in [0.25, 0.3) is 11.8 Å². The molecule has 2 amide bonds. The number of para-hydroxylation sites is 1. The Hall–Kier alpha value is -2.76. The van der Waals surface area contributed by atoms with E-state index in [0.29, 0.717) is 11.4 Å². The molecule has 0 aliphatic carbocycles. The van der Waals surface area contributed by atoms with Gasteiger partial charge in [-0.25, -0.2) is 0 Å². The van der Waals surface area contributed by atoms with E-state index in [0.717, 1.165) is 12.0 Å². The number of hydrazine groups is 1. The topological polar surface area (TPSA) is 72.4 Å². The molecule has 1 heterocycles. The fraction of sp³-hybridized carbons (Fsp3) is 0.250. The number of benzene rings is 1. The second-order valence-electron chi connectivity index (χ2n) is 4.76. The number of carbonyl (C=O) groups excluding carboxylic acids is 2. The van der Waals surface area contributed by atoms with Crippen molar-refractivity contribution >= 4 is 11.8 Å². The van der Waals surface area contributed by atoms with Crippen molar-refractivity contribution in [1.29, 1.82) is 0 Å². The molecule has 0 saturated heterocycles. The first-order valence-electron chi connectivity index (χ1n) is 7.03. The van der Waals surface area contributed by atoms with Gasteiger partial charge in [-0.1, -0.05) is 25.1 Å². The molecule has 1 aromatic heterocycles. The van der Waals surface area contributed by atoms with Crippen LogP contribution in [0.25, 0.3) is 0 Å². The Morgan fingerprint density at radius 3 is 2.59 bits per heavy atom. The number of carbonyl (C=O) groups is 2. The van der Waals surface area contributed by atoms with Crippen molar-refractivity contribution < 1.29 is 14.3 Å². The molecule has 2 N–H and O–H groups in total. The second-order valence-corrected chi connectivity index (χ2v) is 4.76. The quantitative estimate of drug-likeness (QED) is 0.821. The molecule has 0 bridgehead atoms. The van der Waals surface area contributed by atoms with Gasteiger partial charge in [0.2, 0.25) is 0 Å². The lowest BCUT2D eigenvalue weighted by molar-refractivity contribution is -0.123. The van der Waals surface area contributed by atoms with Crippen LogP contribution in [0.15, 0.2) is 42.6 Å². The van der Waals surface area contributed by atoms with E-state index in [1.54, 1.807) is 29.9 Å². The third-order valence-corrected chi connectivity index (χ3v) is 3.20. The van der Waals surface area contributed by atoms with Crippen LogP contribution < -0.4 is 15.6 Å². The third-order valence-electron chi connectivity index (χ3n) is 3.20. The Kier molecular flexibility index (Phi) is 5.19. The normalized spacial score (nSPS) is 10.1. The SMILES string of the molecule is CCc1ccccc1OCC(=O)NNC(=O)c1cccn1C. The van der Waals surface area contributed by atoms with E-state index < -0.39 is 5.91 Å². The van der Waals surface area contributed by atoms with Crippen LogP contribution in [-0.2, 0) is 18.3 Å². The van der Waals surface area contributed by atoms with Gasteiger partial charge in [-0.2, -0.15) is 0 Å². The molecular weight excluding hydrogens is 282 g/mol. The van der Waals surface area contributed by atoms with Gasteiger partial charge < -0.3 is 9.30 Å². The van der Waals surface area contributed by atoms with Crippen molar-refractivity contribution in [2.24, 2.45) is 7.05 Å². The number of ether oxygens (including phenoxy) is 1. The minimum Gasteiger partial charge on any atom is -0.483 e. The molecule has 22 heavy (non-hydrogen) atoms. The Bertz CT molecular complexity index is 664. The predicted octanol–water partition coefficient (Wildman–Crippen LogP) is 1.43. The third kappa shape index (κ3) is 3.88. The Morgan fingerprint density at radius 1 is 1.14 bits per heavy atom. The highest BCUT2D eigenvalue weighted by Crippen LogP contribution is 2.17. The van der Waals surface area contributed by atoms with E-state index in [4.69, 9.17) is 4.74 Å². The summed E-state index contributed by atoms with van der Waals surface area (Å²) in [4.78, 5) is 23.5. The van der Waals surface area contributed by atoms with Crippen LogP contribution in [0.3, 0.4) is 0 Å². The van der Waals surface area contributed by atoms with Crippen LogP contribution in [0.5, 0.6) is 5.75 Å². The monoisotopic (exact) mass is 301 g/mol. The number of aryl methyl sites for hydroxylation is 2. The number of nitrogens with one attached hydrogen (secondary N) is 2. The molecular formula is C16H19N3O3. The van der Waals surface area contributed by atoms with Gasteiger partial charge in [-0.3, -0.25) is 20.4 Å². The number of amides is 2. The molecule has 116 valence electrons. The molecule has 1 aromatic carbocycles. The van der Waals surface area contributed by atoms with Crippen LogP contribution in [0.1, 0.15) is 23.0 Å². The van der Waals surface area contributed by atoms with Gasteiger partial charge in [-0.15, -0.1) is 0 Å². The van der Waals surface area contributed by atoms with Crippen molar-refractivity contribution in [3.8, 4) is 5.75 Å². The standard InChI is InChI=1S/C16H19N3O3/c1-3-12-7-4-5-9-14(12)22-11-15(20)17-18-16(21)13-8-6-10-19(13)2/h4-10H,3,11H2,1-2H3,(H,17,20)(H,18,21). The largest absolute Gasteiger partial charge is 0.483 e. The Labute approximate surface area is 129 Å². The maximum Gasteiger partial charge on any atom is 0.286 e. The van der Waals surface area contributed by atoms with Crippen molar-refractivity contribution in [3.05, 3.63) is 53.9 Å². The maximum atomic E-state index is 11.8. The molecule has 0 spiro atoms. The molecule has 0 fully saturated rings. The average Bonchev–Trinajstić information content (AvgIpc) is 2.97.